The van der Waals surface area contributed by atoms with E-state index in [1.165, 1.54) is 21.2 Å². The summed E-state index contributed by atoms with van der Waals surface area (Å²) in [6.07, 6.45) is -9.74. The summed E-state index contributed by atoms with van der Waals surface area (Å²) >= 11 is 0. The zero-order chi connectivity index (χ0) is 44.4. The van der Waals surface area contributed by atoms with E-state index in [0.717, 1.165) is 0 Å². The van der Waals surface area contributed by atoms with E-state index in [0.29, 0.717) is 13.2 Å². The monoisotopic (exact) mass is 851 g/mol. The number of aliphatic hydroxyl groups excluding tert-OH is 2. The minimum atomic E-state index is -1.69. The van der Waals surface area contributed by atoms with E-state index in [2.05, 4.69) is 5.32 Å². The van der Waals surface area contributed by atoms with Crippen molar-refractivity contribution in [3.05, 3.63) is 5.21 Å². The van der Waals surface area contributed by atoms with E-state index >= 15 is 0 Å². The number of cyclic esters (lactones) is 1. The highest BCUT2D eigenvalue weighted by atomic mass is 16.7. The SMILES string of the molecule is CCC1OC(=O)[C@H](C)C(O[C@H]2C[C@@](C)(OC)[C@@H](O)[C@H](C)O2)[C@H](C)[C@@H](O[C@@H]2O[C@H](C)C[C@H]([N+](C)(C)[O-])[C@H]2O)[C@](C)(O)C[C@@H](C)[C@@H]2N[C@@H](COCCOC)O[C@H]([C@H]2C)[C@]1(C)O. The number of fused-ring (bicyclic) bond motifs is 2. The predicted molar refractivity (Wildman–Crippen MR) is 215 cm³/mol. The number of hydrogen-bond donors (Lipinski definition) is 5. The fourth-order valence-electron chi connectivity index (χ4n) is 10.1. The van der Waals surface area contributed by atoms with Gasteiger partial charge in [-0.05, 0) is 60.3 Å². The molecule has 2 bridgehead atoms. The van der Waals surface area contributed by atoms with Gasteiger partial charge in [-0.3, -0.25) is 10.1 Å². The second kappa shape index (κ2) is 20.1. The Labute approximate surface area is 351 Å². The van der Waals surface area contributed by atoms with Crippen LogP contribution in [0.15, 0.2) is 0 Å². The molecule has 4 rings (SSSR count). The van der Waals surface area contributed by atoms with Crippen LogP contribution in [0.25, 0.3) is 0 Å². The minimum absolute atomic E-state index is 0.103. The van der Waals surface area contributed by atoms with Crippen LogP contribution in [0.1, 0.15) is 94.9 Å². The molecule has 0 radical (unpaired) electrons. The number of hydroxylamine groups is 3. The van der Waals surface area contributed by atoms with Gasteiger partial charge < -0.3 is 72.9 Å². The number of rotatable bonds is 12. The molecule has 4 fully saturated rings. The van der Waals surface area contributed by atoms with Gasteiger partial charge in [0.15, 0.2) is 18.7 Å². The third-order valence-corrected chi connectivity index (χ3v) is 13.6. The molecule has 4 heterocycles. The second-order valence-corrected chi connectivity index (χ2v) is 19.0. The van der Waals surface area contributed by atoms with Crippen molar-refractivity contribution in [2.24, 2.45) is 23.7 Å². The van der Waals surface area contributed by atoms with Crippen molar-refractivity contribution in [3.63, 3.8) is 0 Å². The molecule has 0 aromatic rings. The van der Waals surface area contributed by atoms with Crippen LogP contribution in [0.3, 0.4) is 0 Å². The Bertz CT molecular complexity index is 1330. The molecule has 346 valence electrons. The van der Waals surface area contributed by atoms with Gasteiger partial charge in [-0.15, -0.1) is 0 Å². The van der Waals surface area contributed by atoms with Crippen molar-refractivity contribution >= 4 is 5.97 Å². The summed E-state index contributed by atoms with van der Waals surface area (Å²) in [4.78, 5) is 14.5. The number of carbonyl (C=O) groups excluding carboxylic acids is 1. The van der Waals surface area contributed by atoms with E-state index in [9.17, 15) is 30.4 Å². The number of hydrogen-bond acceptors (Lipinski definition) is 16. The average Bonchev–Trinajstić information content (AvgIpc) is 3.15. The van der Waals surface area contributed by atoms with E-state index in [1.807, 2.05) is 20.8 Å². The van der Waals surface area contributed by atoms with Crippen LogP contribution in [0.2, 0.25) is 0 Å². The van der Waals surface area contributed by atoms with Crippen molar-refractivity contribution < 1.29 is 72.5 Å². The molecule has 5 N–H and O–H groups in total. The Morgan fingerprint density at radius 1 is 0.932 bits per heavy atom. The Morgan fingerprint density at radius 3 is 2.19 bits per heavy atom. The standard InChI is InChI=1S/C42H78N2O15/c1-15-29-42(10,49)37-24(4)32(43-30(57-37)21-53-17-16-51-13)22(2)19-40(8,48)36(59-39-33(45)28(44(11,12)50)18-23(3)54-39)25(5)34(26(6)38(47)56-29)58-31-20-41(9,52-14)35(46)27(7)55-31/h22-37,39,43,45-46,48-49H,15-21H2,1-14H3/t22-,23-,24+,25+,26-,27+,28+,29?,30-,31+,32+,33-,34?,35+,36-,37-,39+,40-,41-,42-/m1/s1. The van der Waals surface area contributed by atoms with E-state index in [1.54, 1.807) is 55.6 Å². The molecule has 0 aromatic carbocycles. The first-order chi connectivity index (χ1) is 27.3. The fourth-order valence-corrected chi connectivity index (χ4v) is 10.1. The minimum Gasteiger partial charge on any atom is -0.633 e. The number of nitrogens with one attached hydrogen (secondary N) is 1. The van der Waals surface area contributed by atoms with E-state index in [4.69, 9.17) is 42.6 Å². The lowest BCUT2D eigenvalue weighted by Crippen LogP contribution is -2.67. The van der Waals surface area contributed by atoms with Gasteiger partial charge in [0.25, 0.3) is 0 Å². The zero-order valence-electron chi connectivity index (χ0n) is 38.0. The normalized spacial score (nSPS) is 48.3. The molecule has 17 heteroatoms. The van der Waals surface area contributed by atoms with Crippen LogP contribution in [0.5, 0.6) is 0 Å². The first-order valence-corrected chi connectivity index (χ1v) is 21.5. The van der Waals surface area contributed by atoms with Gasteiger partial charge in [-0.25, -0.2) is 0 Å². The number of likely N-dealkylation sites (N-methyl/N-ethyl adjacent to an activating group) is 1. The van der Waals surface area contributed by atoms with Crippen molar-refractivity contribution in [2.45, 2.75) is 191 Å². The van der Waals surface area contributed by atoms with Gasteiger partial charge in [0.1, 0.15) is 30.1 Å². The van der Waals surface area contributed by atoms with Crippen LogP contribution in [0, 0.1) is 28.9 Å². The van der Waals surface area contributed by atoms with Gasteiger partial charge in [-0.2, -0.15) is 0 Å². The Balaban J connectivity index is 1.84. The van der Waals surface area contributed by atoms with Crippen molar-refractivity contribution in [3.8, 4) is 0 Å². The smallest absolute Gasteiger partial charge is 0.311 e. The van der Waals surface area contributed by atoms with Gasteiger partial charge in [-0.1, -0.05) is 27.7 Å². The van der Waals surface area contributed by atoms with E-state index < -0.39 is 113 Å². The molecule has 17 nitrogen and oxygen atoms in total. The maximum atomic E-state index is 14.5. The quantitative estimate of drug-likeness (QED) is 0.0824. The van der Waals surface area contributed by atoms with E-state index in [-0.39, 0.29) is 50.2 Å². The fraction of sp³-hybridized carbons (Fsp3) is 0.976. The van der Waals surface area contributed by atoms with Gasteiger partial charge in [0, 0.05) is 44.9 Å². The molecule has 4 aliphatic rings. The molecule has 0 aliphatic carbocycles. The van der Waals surface area contributed by atoms with Crippen molar-refractivity contribution in [1.82, 2.24) is 5.32 Å². The highest BCUT2D eigenvalue weighted by molar-refractivity contribution is 5.73. The topological polar surface area (TPSA) is 216 Å². The van der Waals surface area contributed by atoms with Crippen LogP contribution >= 0.6 is 0 Å². The zero-order valence-corrected chi connectivity index (χ0v) is 38.0. The number of quaternary nitrogens is 1. The van der Waals surface area contributed by atoms with Crippen LogP contribution in [-0.4, -0.2) is 176 Å². The largest absolute Gasteiger partial charge is 0.633 e. The third-order valence-electron chi connectivity index (χ3n) is 13.6. The molecule has 20 atom stereocenters. The lowest BCUT2D eigenvalue weighted by Gasteiger charge is -2.53. The molecule has 0 amide bonds. The molecule has 0 spiro atoms. The van der Waals surface area contributed by atoms with Crippen LogP contribution in [0.4, 0.5) is 0 Å². The maximum Gasteiger partial charge on any atom is 0.311 e. The van der Waals surface area contributed by atoms with Crippen molar-refractivity contribution in [1.29, 1.82) is 0 Å². The van der Waals surface area contributed by atoms with Crippen LogP contribution in [-0.2, 0) is 47.4 Å². The number of ether oxygens (including phenoxy) is 9. The highest BCUT2D eigenvalue weighted by Gasteiger charge is 2.56. The van der Waals surface area contributed by atoms with Crippen LogP contribution < -0.4 is 5.32 Å². The average molecular weight is 851 g/mol. The predicted octanol–water partition coefficient (Wildman–Crippen LogP) is 2.21. The molecule has 59 heavy (non-hydrogen) atoms. The lowest BCUT2D eigenvalue weighted by molar-refractivity contribution is -0.874. The first-order valence-electron chi connectivity index (χ1n) is 21.5. The summed E-state index contributed by atoms with van der Waals surface area (Å²) in [5.74, 6) is -3.21. The lowest BCUT2D eigenvalue weighted by atomic mass is 9.71. The Morgan fingerprint density at radius 2 is 1.59 bits per heavy atom. The molecule has 4 saturated heterocycles. The molecule has 0 aromatic heterocycles. The molecule has 4 aliphatic heterocycles. The Hall–Kier alpha value is -1.13. The summed E-state index contributed by atoms with van der Waals surface area (Å²) in [7, 11) is 6.01. The number of esters is 1. The van der Waals surface area contributed by atoms with Crippen molar-refractivity contribution in [2.75, 3.05) is 48.1 Å². The molecular weight excluding hydrogens is 772 g/mol. The Kier molecular flexibility index (Phi) is 17.2. The maximum absolute atomic E-state index is 14.5. The highest BCUT2D eigenvalue weighted by Crippen LogP contribution is 2.43. The van der Waals surface area contributed by atoms with Gasteiger partial charge in [0.05, 0.1) is 81.6 Å². The summed E-state index contributed by atoms with van der Waals surface area (Å²) in [6, 6.07) is -1.14. The summed E-state index contributed by atoms with van der Waals surface area (Å²) in [5, 5.41) is 64.8. The number of methoxy groups -OCH3 is 2. The molecular formula is C42H78N2O15. The number of aliphatic hydroxyl groups is 4. The summed E-state index contributed by atoms with van der Waals surface area (Å²) < 4.78 is 54.7. The number of nitrogens with zero attached hydrogens (tertiary/aromatic N) is 1. The van der Waals surface area contributed by atoms with Gasteiger partial charge >= 0.3 is 5.97 Å². The molecule has 0 saturated carbocycles. The summed E-state index contributed by atoms with van der Waals surface area (Å²) in [6.45, 7) is 18.6. The second-order valence-electron chi connectivity index (χ2n) is 19.0. The molecule has 2 unspecified atom stereocenters. The van der Waals surface area contributed by atoms with Gasteiger partial charge in [0.2, 0.25) is 0 Å². The first kappa shape index (κ1) is 50.5. The third kappa shape index (κ3) is 11.5. The summed E-state index contributed by atoms with van der Waals surface area (Å²) in [5.41, 5.74) is -4.41. The number of carbonyl (C=O) groups is 1.